The summed E-state index contributed by atoms with van der Waals surface area (Å²) in [7, 11) is 0. The van der Waals surface area contributed by atoms with Crippen LogP contribution >= 0.6 is 0 Å². The van der Waals surface area contributed by atoms with Crippen molar-refractivity contribution in [1.29, 1.82) is 0 Å². The van der Waals surface area contributed by atoms with Gasteiger partial charge in [0.05, 0.1) is 11.0 Å². The Labute approximate surface area is 190 Å². The molecule has 1 spiro atoms. The number of halogens is 2. The van der Waals surface area contributed by atoms with E-state index in [0.717, 1.165) is 5.56 Å². The second kappa shape index (κ2) is 8.52. The van der Waals surface area contributed by atoms with Crippen LogP contribution in [0.5, 0.6) is 11.5 Å². The number of carbonyl (C=O) groups excluding carboxylic acids is 2. The van der Waals surface area contributed by atoms with Gasteiger partial charge in [-0.1, -0.05) is 18.2 Å². The first-order chi connectivity index (χ1) is 16.0. The highest BCUT2D eigenvalue weighted by atomic mass is 19.1. The van der Waals surface area contributed by atoms with Crippen LogP contribution in [0.15, 0.2) is 66.7 Å². The minimum Gasteiger partial charge on any atom is -0.456 e. The molecule has 5 rings (SSSR count). The van der Waals surface area contributed by atoms with Crippen LogP contribution in [0.4, 0.5) is 8.78 Å². The van der Waals surface area contributed by atoms with Crippen molar-refractivity contribution in [2.75, 3.05) is 19.6 Å². The van der Waals surface area contributed by atoms with Gasteiger partial charge in [0.15, 0.2) is 11.6 Å². The summed E-state index contributed by atoms with van der Waals surface area (Å²) < 4.78 is 33.2. The van der Waals surface area contributed by atoms with E-state index >= 15 is 0 Å². The molecule has 0 N–H and O–H groups in total. The number of Topliss-reactive ketones (excluding diaryl/α,β-unsaturated/α-hetero) is 2. The minimum atomic E-state index is -0.799. The Bertz CT molecular complexity index is 1210. The van der Waals surface area contributed by atoms with Gasteiger partial charge in [-0.05, 0) is 74.5 Å². The van der Waals surface area contributed by atoms with Gasteiger partial charge >= 0.3 is 0 Å². The summed E-state index contributed by atoms with van der Waals surface area (Å²) in [5, 5.41) is 0. The van der Waals surface area contributed by atoms with Crippen molar-refractivity contribution in [3.05, 3.63) is 95.1 Å². The lowest BCUT2D eigenvalue weighted by Gasteiger charge is -2.40. The van der Waals surface area contributed by atoms with Gasteiger partial charge < -0.3 is 9.64 Å². The number of benzene rings is 3. The molecular formula is C27H23F2NO3. The van der Waals surface area contributed by atoms with Crippen LogP contribution < -0.4 is 4.74 Å². The van der Waals surface area contributed by atoms with Gasteiger partial charge in [-0.15, -0.1) is 0 Å². The summed E-state index contributed by atoms with van der Waals surface area (Å²) in [4.78, 5) is 28.4. The molecule has 2 aliphatic rings. The number of hydrogen-bond acceptors (Lipinski definition) is 4. The second-order valence-corrected chi connectivity index (χ2v) is 8.67. The predicted molar refractivity (Wildman–Crippen MR) is 120 cm³/mol. The molecule has 0 unspecified atom stereocenters. The van der Waals surface area contributed by atoms with Crippen molar-refractivity contribution in [3.63, 3.8) is 0 Å². The van der Waals surface area contributed by atoms with E-state index in [0.29, 0.717) is 56.0 Å². The van der Waals surface area contributed by atoms with Gasteiger partial charge in [0.25, 0.3) is 0 Å². The Morgan fingerprint density at radius 2 is 1.61 bits per heavy atom. The zero-order valence-electron chi connectivity index (χ0n) is 18.0. The summed E-state index contributed by atoms with van der Waals surface area (Å²) in [6.07, 6.45) is 1.42. The first kappa shape index (κ1) is 21.5. The molecule has 168 valence electrons. The van der Waals surface area contributed by atoms with Crippen LogP contribution in [-0.4, -0.2) is 36.1 Å². The molecule has 0 aromatic heterocycles. The quantitative estimate of drug-likeness (QED) is 0.492. The van der Waals surface area contributed by atoms with Crippen LogP contribution in [0.1, 0.15) is 45.5 Å². The standard InChI is InChI=1S/C27H23F2NO3/c28-19-7-5-18(6-8-19)23(31)11-14-30-15-12-27(13-16-30)22-3-1-2-4-25(22)33-24-10-9-20(29)17-21(24)26(27)32/h1-10,17H,11-16H2. The molecule has 4 nitrogen and oxygen atoms in total. The zero-order chi connectivity index (χ0) is 23.0. The van der Waals surface area contributed by atoms with E-state index in [2.05, 4.69) is 4.90 Å². The first-order valence-corrected chi connectivity index (χ1v) is 11.1. The molecule has 1 fully saturated rings. The number of hydrogen-bond donors (Lipinski definition) is 0. The molecule has 0 radical (unpaired) electrons. The molecule has 6 heteroatoms. The van der Waals surface area contributed by atoms with Gasteiger partial charge in [0, 0.05) is 24.1 Å². The van der Waals surface area contributed by atoms with Crippen molar-refractivity contribution in [2.24, 2.45) is 0 Å². The molecular weight excluding hydrogens is 424 g/mol. The second-order valence-electron chi connectivity index (χ2n) is 8.67. The number of piperidine rings is 1. The molecule has 0 aliphatic carbocycles. The molecule has 0 amide bonds. The van der Waals surface area contributed by atoms with Gasteiger partial charge in [-0.25, -0.2) is 8.78 Å². The van der Waals surface area contributed by atoms with E-state index in [1.165, 1.54) is 42.5 Å². The molecule has 2 aliphatic heterocycles. The molecule has 2 heterocycles. The summed E-state index contributed by atoms with van der Waals surface area (Å²) >= 11 is 0. The minimum absolute atomic E-state index is 0.0380. The van der Waals surface area contributed by atoms with Crippen molar-refractivity contribution < 1.29 is 23.1 Å². The van der Waals surface area contributed by atoms with Crippen molar-refractivity contribution in [1.82, 2.24) is 4.90 Å². The predicted octanol–water partition coefficient (Wildman–Crippen LogP) is 5.56. The zero-order valence-corrected chi connectivity index (χ0v) is 18.0. The van der Waals surface area contributed by atoms with Gasteiger partial charge in [-0.3, -0.25) is 9.59 Å². The molecule has 0 atom stereocenters. The van der Waals surface area contributed by atoms with Gasteiger partial charge in [0.1, 0.15) is 23.1 Å². The number of ether oxygens (including phenoxy) is 1. The lowest BCUT2D eigenvalue weighted by molar-refractivity contribution is 0.0758. The Morgan fingerprint density at radius 1 is 0.909 bits per heavy atom. The summed E-state index contributed by atoms with van der Waals surface area (Å²) in [5.41, 5.74) is 0.793. The van der Waals surface area contributed by atoms with E-state index in [4.69, 9.17) is 4.74 Å². The highest BCUT2D eigenvalue weighted by molar-refractivity contribution is 6.07. The maximum Gasteiger partial charge on any atom is 0.177 e. The topological polar surface area (TPSA) is 46.6 Å². The van der Waals surface area contributed by atoms with E-state index in [1.54, 1.807) is 0 Å². The first-order valence-electron chi connectivity index (χ1n) is 11.1. The average molecular weight is 447 g/mol. The van der Waals surface area contributed by atoms with Gasteiger partial charge in [0.2, 0.25) is 0 Å². The number of ketones is 2. The van der Waals surface area contributed by atoms with Crippen LogP contribution in [0.25, 0.3) is 0 Å². The fraction of sp³-hybridized carbons (Fsp3) is 0.259. The highest BCUT2D eigenvalue weighted by Gasteiger charge is 2.47. The fourth-order valence-corrected chi connectivity index (χ4v) is 4.91. The van der Waals surface area contributed by atoms with Crippen LogP contribution in [-0.2, 0) is 5.41 Å². The maximum atomic E-state index is 14.0. The third-order valence-corrected chi connectivity index (χ3v) is 6.77. The average Bonchev–Trinajstić information content (AvgIpc) is 2.93. The maximum absolute atomic E-state index is 14.0. The molecule has 3 aromatic rings. The van der Waals surface area contributed by atoms with E-state index < -0.39 is 11.2 Å². The normalized spacial score (nSPS) is 17.1. The molecule has 1 saturated heterocycles. The number of carbonyl (C=O) groups is 2. The van der Waals surface area contributed by atoms with Crippen molar-refractivity contribution >= 4 is 11.6 Å². The fourth-order valence-electron chi connectivity index (χ4n) is 4.91. The van der Waals surface area contributed by atoms with Crippen LogP contribution in [0.3, 0.4) is 0 Å². The van der Waals surface area contributed by atoms with Crippen LogP contribution in [0.2, 0.25) is 0 Å². The highest BCUT2D eigenvalue weighted by Crippen LogP contribution is 2.48. The summed E-state index contributed by atoms with van der Waals surface area (Å²) in [6, 6.07) is 17.2. The van der Waals surface area contributed by atoms with E-state index in [9.17, 15) is 18.4 Å². The summed E-state index contributed by atoms with van der Waals surface area (Å²) in [6.45, 7) is 1.81. The molecule has 3 aromatic carbocycles. The van der Waals surface area contributed by atoms with Gasteiger partial charge in [-0.2, -0.15) is 0 Å². The van der Waals surface area contributed by atoms with Crippen LogP contribution in [0, 0.1) is 11.6 Å². The Kier molecular flexibility index (Phi) is 5.54. The third kappa shape index (κ3) is 3.95. The van der Waals surface area contributed by atoms with E-state index in [-0.39, 0.29) is 22.9 Å². The number of nitrogens with zero attached hydrogens (tertiary/aromatic N) is 1. The molecule has 0 bridgehead atoms. The van der Waals surface area contributed by atoms with Crippen molar-refractivity contribution in [3.8, 4) is 11.5 Å². The third-order valence-electron chi connectivity index (χ3n) is 6.77. The monoisotopic (exact) mass is 447 g/mol. The smallest absolute Gasteiger partial charge is 0.177 e. The number of rotatable bonds is 4. The number of likely N-dealkylation sites (tertiary alicyclic amines) is 1. The number of para-hydroxylation sites is 1. The SMILES string of the molecule is O=C(CCN1CCC2(CC1)C(=O)c1cc(F)ccc1Oc1ccccc12)c1ccc(F)cc1. The lowest BCUT2D eigenvalue weighted by atomic mass is 9.68. The lowest BCUT2D eigenvalue weighted by Crippen LogP contribution is -2.47. The molecule has 33 heavy (non-hydrogen) atoms. The Morgan fingerprint density at radius 3 is 2.36 bits per heavy atom. The number of fused-ring (bicyclic) bond motifs is 3. The summed E-state index contributed by atoms with van der Waals surface area (Å²) in [5.74, 6) is -0.00243. The van der Waals surface area contributed by atoms with Crippen molar-refractivity contribution in [2.45, 2.75) is 24.7 Å². The Balaban J connectivity index is 1.35. The largest absolute Gasteiger partial charge is 0.456 e. The van der Waals surface area contributed by atoms with E-state index in [1.807, 2.05) is 24.3 Å². The Hall–Kier alpha value is -3.38. The molecule has 0 saturated carbocycles.